The molecule has 0 atom stereocenters. The van der Waals surface area contributed by atoms with Gasteiger partial charge in [0.25, 0.3) is 0 Å². The van der Waals surface area contributed by atoms with Crippen molar-refractivity contribution in [2.45, 2.75) is 31.7 Å². The van der Waals surface area contributed by atoms with E-state index in [1.54, 1.807) is 0 Å². The van der Waals surface area contributed by atoms with E-state index >= 15 is 0 Å². The zero-order valence-electron chi connectivity index (χ0n) is 8.59. The number of likely N-dealkylation sites (N-methyl/N-ethyl adjacent to an activating group) is 1. The molecule has 1 N–H and O–H groups in total. The molecule has 0 aromatic carbocycles. The minimum atomic E-state index is 0.374. The number of nitrogens with zero attached hydrogens (tertiary/aromatic N) is 2. The Hall–Kier alpha value is -0.830. The molecule has 1 aromatic rings. The Labute approximate surface area is 79.1 Å². The van der Waals surface area contributed by atoms with Gasteiger partial charge in [0, 0.05) is 25.2 Å². The van der Waals surface area contributed by atoms with Crippen LogP contribution in [-0.4, -0.2) is 22.4 Å². The molecule has 0 saturated heterocycles. The Morgan fingerprint density at radius 1 is 1.62 bits per heavy atom. The summed E-state index contributed by atoms with van der Waals surface area (Å²) in [5, 5.41) is 7.85. The first-order valence-electron chi connectivity index (χ1n) is 4.83. The Morgan fingerprint density at radius 3 is 2.69 bits per heavy atom. The van der Waals surface area contributed by atoms with Crippen molar-refractivity contribution < 1.29 is 0 Å². The van der Waals surface area contributed by atoms with Crippen LogP contribution in [0.4, 0.5) is 0 Å². The monoisotopic (exact) mass is 179 g/mol. The normalized spacial score (nSPS) is 19.0. The lowest BCUT2D eigenvalue weighted by molar-refractivity contribution is 0.536. The highest BCUT2D eigenvalue weighted by Gasteiger charge is 2.41. The third-order valence-corrected chi connectivity index (χ3v) is 3.00. The summed E-state index contributed by atoms with van der Waals surface area (Å²) in [5.74, 6) is 0. The molecule has 0 aliphatic heterocycles. The third-order valence-electron chi connectivity index (χ3n) is 3.00. The first-order chi connectivity index (χ1) is 6.15. The van der Waals surface area contributed by atoms with Crippen molar-refractivity contribution in [3.63, 3.8) is 0 Å². The number of hydrogen-bond donors (Lipinski definition) is 1. The van der Waals surface area contributed by atoms with Gasteiger partial charge < -0.3 is 5.32 Å². The molecule has 0 bridgehead atoms. The Kier molecular flexibility index (Phi) is 1.91. The van der Waals surface area contributed by atoms with Crippen LogP contribution in [0.15, 0.2) is 6.20 Å². The van der Waals surface area contributed by atoms with Crippen molar-refractivity contribution in [2.24, 2.45) is 7.05 Å². The highest BCUT2D eigenvalue weighted by Crippen LogP contribution is 2.38. The maximum absolute atomic E-state index is 4.46. The lowest BCUT2D eigenvalue weighted by atomic mass is 10.1. The van der Waals surface area contributed by atoms with Gasteiger partial charge in [0.2, 0.25) is 0 Å². The fourth-order valence-corrected chi connectivity index (χ4v) is 1.81. The van der Waals surface area contributed by atoms with E-state index in [9.17, 15) is 0 Å². The van der Waals surface area contributed by atoms with E-state index in [1.165, 1.54) is 24.1 Å². The van der Waals surface area contributed by atoms with E-state index < -0.39 is 0 Å². The van der Waals surface area contributed by atoms with Crippen LogP contribution in [-0.2, 0) is 13.5 Å². The van der Waals surface area contributed by atoms with Crippen LogP contribution in [0, 0.1) is 6.92 Å². The predicted octanol–water partition coefficient (Wildman–Crippen LogP) is 1.02. The number of aryl methyl sites for hydroxylation is 2. The van der Waals surface area contributed by atoms with Crippen LogP contribution >= 0.6 is 0 Å². The first kappa shape index (κ1) is 8.75. The molecule has 1 aliphatic carbocycles. The van der Waals surface area contributed by atoms with Crippen molar-refractivity contribution in [2.75, 3.05) is 7.05 Å². The molecule has 0 spiro atoms. The van der Waals surface area contributed by atoms with Crippen LogP contribution in [0.25, 0.3) is 0 Å². The predicted molar refractivity (Wildman–Crippen MR) is 52.7 cm³/mol. The second-order valence-electron chi connectivity index (χ2n) is 4.14. The van der Waals surface area contributed by atoms with Crippen molar-refractivity contribution >= 4 is 0 Å². The van der Waals surface area contributed by atoms with Gasteiger partial charge in [0.05, 0.1) is 5.69 Å². The van der Waals surface area contributed by atoms with Gasteiger partial charge in [-0.05, 0) is 32.4 Å². The van der Waals surface area contributed by atoms with Crippen LogP contribution in [0.2, 0.25) is 0 Å². The summed E-state index contributed by atoms with van der Waals surface area (Å²) in [5.41, 5.74) is 2.93. The molecule has 1 fully saturated rings. The summed E-state index contributed by atoms with van der Waals surface area (Å²) in [4.78, 5) is 0. The molecule has 3 nitrogen and oxygen atoms in total. The number of nitrogens with one attached hydrogen (secondary N) is 1. The molecule has 3 heteroatoms. The quantitative estimate of drug-likeness (QED) is 0.751. The van der Waals surface area contributed by atoms with Gasteiger partial charge in [-0.2, -0.15) is 5.10 Å². The van der Waals surface area contributed by atoms with E-state index in [0.717, 1.165) is 6.42 Å². The zero-order chi connectivity index (χ0) is 9.47. The smallest absolute Gasteiger partial charge is 0.0671 e. The molecule has 0 radical (unpaired) electrons. The maximum atomic E-state index is 4.46. The molecule has 0 unspecified atom stereocenters. The van der Waals surface area contributed by atoms with E-state index in [1.807, 2.05) is 18.8 Å². The standard InChI is InChI=1S/C10H17N3/c1-8-7-13(3)12-9(8)6-10(11-2)4-5-10/h7,11H,4-6H2,1-3H3. The molecule has 1 heterocycles. The zero-order valence-corrected chi connectivity index (χ0v) is 8.59. The average Bonchev–Trinajstić information content (AvgIpc) is 2.77. The molecule has 1 aromatic heterocycles. The first-order valence-corrected chi connectivity index (χ1v) is 4.83. The van der Waals surface area contributed by atoms with Crippen LogP contribution in [0.3, 0.4) is 0 Å². The SMILES string of the molecule is CNC1(Cc2nn(C)cc2C)CC1. The van der Waals surface area contributed by atoms with Crippen molar-refractivity contribution in [1.29, 1.82) is 0 Å². The minimum absolute atomic E-state index is 0.374. The summed E-state index contributed by atoms with van der Waals surface area (Å²) in [6, 6.07) is 0. The molecule has 72 valence electrons. The maximum Gasteiger partial charge on any atom is 0.0671 e. The molecular formula is C10H17N3. The largest absolute Gasteiger partial charge is 0.314 e. The lowest BCUT2D eigenvalue weighted by Gasteiger charge is -2.12. The highest BCUT2D eigenvalue weighted by atomic mass is 15.3. The van der Waals surface area contributed by atoms with E-state index in [0.29, 0.717) is 5.54 Å². The van der Waals surface area contributed by atoms with E-state index in [4.69, 9.17) is 0 Å². The third kappa shape index (κ3) is 1.61. The summed E-state index contributed by atoms with van der Waals surface area (Å²) in [6.45, 7) is 2.13. The Morgan fingerprint density at radius 2 is 2.31 bits per heavy atom. The van der Waals surface area contributed by atoms with Gasteiger partial charge in [-0.1, -0.05) is 0 Å². The van der Waals surface area contributed by atoms with Crippen molar-refractivity contribution in [1.82, 2.24) is 15.1 Å². The van der Waals surface area contributed by atoms with E-state index in [2.05, 4.69) is 23.5 Å². The van der Waals surface area contributed by atoms with Crippen LogP contribution in [0.5, 0.6) is 0 Å². The van der Waals surface area contributed by atoms with Gasteiger partial charge in [-0.15, -0.1) is 0 Å². The highest BCUT2D eigenvalue weighted by molar-refractivity contribution is 5.20. The fourth-order valence-electron chi connectivity index (χ4n) is 1.81. The lowest BCUT2D eigenvalue weighted by Crippen LogP contribution is -2.30. The number of rotatable bonds is 3. The number of aromatic nitrogens is 2. The van der Waals surface area contributed by atoms with Gasteiger partial charge in [0.15, 0.2) is 0 Å². The topological polar surface area (TPSA) is 29.9 Å². The van der Waals surface area contributed by atoms with Gasteiger partial charge >= 0.3 is 0 Å². The molecule has 2 rings (SSSR count). The molecule has 13 heavy (non-hydrogen) atoms. The summed E-state index contributed by atoms with van der Waals surface area (Å²) in [6.07, 6.45) is 5.75. The van der Waals surface area contributed by atoms with Crippen molar-refractivity contribution in [3.8, 4) is 0 Å². The average molecular weight is 179 g/mol. The minimum Gasteiger partial charge on any atom is -0.314 e. The summed E-state index contributed by atoms with van der Waals surface area (Å²) in [7, 11) is 4.03. The van der Waals surface area contributed by atoms with Gasteiger partial charge in [-0.25, -0.2) is 0 Å². The Balaban J connectivity index is 2.13. The Bertz CT molecular complexity index is 310. The van der Waals surface area contributed by atoms with Crippen LogP contribution < -0.4 is 5.32 Å². The van der Waals surface area contributed by atoms with Crippen LogP contribution in [0.1, 0.15) is 24.1 Å². The summed E-state index contributed by atoms with van der Waals surface area (Å²) < 4.78 is 1.90. The van der Waals surface area contributed by atoms with E-state index in [-0.39, 0.29) is 0 Å². The van der Waals surface area contributed by atoms with Gasteiger partial charge in [-0.3, -0.25) is 4.68 Å². The molecular weight excluding hydrogens is 162 g/mol. The summed E-state index contributed by atoms with van der Waals surface area (Å²) >= 11 is 0. The number of hydrogen-bond acceptors (Lipinski definition) is 2. The van der Waals surface area contributed by atoms with Gasteiger partial charge in [0.1, 0.15) is 0 Å². The molecule has 1 saturated carbocycles. The van der Waals surface area contributed by atoms with Crippen molar-refractivity contribution in [3.05, 3.63) is 17.5 Å². The second-order valence-corrected chi connectivity index (χ2v) is 4.14. The molecule has 1 aliphatic rings. The molecule has 0 amide bonds. The second kappa shape index (κ2) is 2.84. The fraction of sp³-hybridized carbons (Fsp3) is 0.700.